The van der Waals surface area contributed by atoms with Gasteiger partial charge in [-0.1, -0.05) is 28.1 Å². The summed E-state index contributed by atoms with van der Waals surface area (Å²) in [7, 11) is 0. The van der Waals surface area contributed by atoms with Crippen LogP contribution in [0.25, 0.3) is 0 Å². The van der Waals surface area contributed by atoms with Crippen molar-refractivity contribution in [1.29, 1.82) is 0 Å². The average Bonchev–Trinajstić information content (AvgIpc) is 2.71. The second-order valence-corrected chi connectivity index (χ2v) is 5.21. The number of hydrogen-bond donors (Lipinski definition) is 1. The number of benzene rings is 1. The molecule has 0 bridgehead atoms. The Morgan fingerprint density at radius 1 is 1.58 bits per heavy atom. The first kappa shape index (κ1) is 14.0. The minimum absolute atomic E-state index is 0.0999. The third-order valence-electron chi connectivity index (χ3n) is 3.17. The molecule has 1 fully saturated rings. The molecular weight excluding hydrogens is 317 g/mol. The molecule has 1 N–H and O–H groups in total. The minimum Gasteiger partial charge on any atom is -0.479 e. The zero-order valence-corrected chi connectivity index (χ0v) is 11.6. The maximum Gasteiger partial charge on any atom is 0.331 e. The standard InChI is InChI=1S/C13H13BrFNO3/c14-6-8-4-11(17)16(7-8)12(13(18)19)9-2-1-3-10(15)5-9/h1-3,5,8,12H,4,6-7H2,(H,18,19). The Morgan fingerprint density at radius 2 is 2.32 bits per heavy atom. The lowest BCUT2D eigenvalue weighted by molar-refractivity contribution is -0.148. The van der Waals surface area contributed by atoms with Gasteiger partial charge >= 0.3 is 5.97 Å². The summed E-state index contributed by atoms with van der Waals surface area (Å²) in [5, 5.41) is 9.97. The summed E-state index contributed by atoms with van der Waals surface area (Å²) in [6.07, 6.45) is 0.324. The normalized spacial score (nSPS) is 20.6. The summed E-state index contributed by atoms with van der Waals surface area (Å²) in [6, 6.07) is 4.26. The molecule has 4 nitrogen and oxygen atoms in total. The van der Waals surface area contributed by atoms with Crippen molar-refractivity contribution in [2.24, 2.45) is 5.92 Å². The molecule has 19 heavy (non-hydrogen) atoms. The summed E-state index contributed by atoms with van der Waals surface area (Å²) in [6.45, 7) is 0.373. The fourth-order valence-corrected chi connectivity index (χ4v) is 2.73. The molecule has 1 amide bonds. The van der Waals surface area contributed by atoms with Crippen molar-refractivity contribution in [3.05, 3.63) is 35.6 Å². The molecular formula is C13H13BrFNO3. The van der Waals surface area contributed by atoms with E-state index in [-0.39, 0.29) is 17.4 Å². The molecule has 1 aromatic carbocycles. The van der Waals surface area contributed by atoms with Crippen molar-refractivity contribution in [2.45, 2.75) is 12.5 Å². The van der Waals surface area contributed by atoms with Gasteiger partial charge in [-0.15, -0.1) is 0 Å². The monoisotopic (exact) mass is 329 g/mol. The molecule has 1 aliphatic rings. The molecule has 1 aromatic rings. The number of aliphatic carboxylic acids is 1. The van der Waals surface area contributed by atoms with Gasteiger partial charge in [0.25, 0.3) is 0 Å². The smallest absolute Gasteiger partial charge is 0.331 e. The summed E-state index contributed by atoms with van der Waals surface area (Å²) in [5.74, 6) is -1.76. The highest BCUT2D eigenvalue weighted by Crippen LogP contribution is 2.30. The van der Waals surface area contributed by atoms with E-state index in [1.54, 1.807) is 0 Å². The number of carboxylic acid groups (broad SMARTS) is 1. The average molecular weight is 330 g/mol. The molecule has 0 spiro atoms. The fourth-order valence-electron chi connectivity index (χ4n) is 2.29. The van der Waals surface area contributed by atoms with Crippen LogP contribution in [0.5, 0.6) is 0 Å². The van der Waals surface area contributed by atoms with Crippen LogP contribution in [0.2, 0.25) is 0 Å². The van der Waals surface area contributed by atoms with Crippen molar-refractivity contribution in [3.63, 3.8) is 0 Å². The maximum atomic E-state index is 13.2. The molecule has 0 aromatic heterocycles. The van der Waals surface area contributed by atoms with Crippen LogP contribution in [0.15, 0.2) is 24.3 Å². The number of amides is 1. The van der Waals surface area contributed by atoms with E-state index in [1.165, 1.54) is 23.1 Å². The molecule has 6 heteroatoms. The number of halogens is 2. The molecule has 0 aliphatic carbocycles. The summed E-state index contributed by atoms with van der Waals surface area (Å²) in [4.78, 5) is 24.6. The highest BCUT2D eigenvalue weighted by Gasteiger charge is 2.38. The third kappa shape index (κ3) is 2.94. The molecule has 1 heterocycles. The molecule has 0 radical (unpaired) electrons. The van der Waals surface area contributed by atoms with Crippen LogP contribution in [-0.2, 0) is 9.59 Å². The van der Waals surface area contributed by atoms with Crippen LogP contribution in [-0.4, -0.2) is 33.8 Å². The van der Waals surface area contributed by atoms with Gasteiger partial charge in [0.05, 0.1) is 0 Å². The molecule has 102 valence electrons. The zero-order chi connectivity index (χ0) is 14.0. The first-order valence-electron chi connectivity index (χ1n) is 5.86. The van der Waals surface area contributed by atoms with Gasteiger partial charge in [0.1, 0.15) is 5.82 Å². The first-order valence-corrected chi connectivity index (χ1v) is 6.98. The van der Waals surface area contributed by atoms with Gasteiger partial charge in [-0.05, 0) is 23.6 Å². The molecule has 1 saturated heterocycles. The minimum atomic E-state index is -1.14. The van der Waals surface area contributed by atoms with Gasteiger partial charge in [0.15, 0.2) is 6.04 Å². The Kier molecular flexibility index (Phi) is 4.19. The predicted octanol–water partition coefficient (Wildman–Crippen LogP) is 2.19. The largest absolute Gasteiger partial charge is 0.479 e. The van der Waals surface area contributed by atoms with Crippen LogP contribution < -0.4 is 0 Å². The Morgan fingerprint density at radius 3 is 2.84 bits per heavy atom. The van der Waals surface area contributed by atoms with Crippen molar-refractivity contribution in [3.8, 4) is 0 Å². The SMILES string of the molecule is O=C(O)C(c1cccc(F)c1)N1CC(CBr)CC1=O. The molecule has 0 saturated carbocycles. The van der Waals surface area contributed by atoms with E-state index in [2.05, 4.69) is 15.9 Å². The predicted molar refractivity (Wildman–Crippen MR) is 70.4 cm³/mol. The van der Waals surface area contributed by atoms with Crippen LogP contribution in [0.1, 0.15) is 18.0 Å². The van der Waals surface area contributed by atoms with E-state index < -0.39 is 17.8 Å². The summed E-state index contributed by atoms with van der Waals surface area (Å²) in [5.41, 5.74) is 0.288. The lowest BCUT2D eigenvalue weighted by Crippen LogP contribution is -2.35. The Labute approximate surface area is 118 Å². The zero-order valence-electron chi connectivity index (χ0n) is 10.1. The lowest BCUT2D eigenvalue weighted by Gasteiger charge is -2.25. The topological polar surface area (TPSA) is 57.6 Å². The Hall–Kier alpha value is -1.43. The third-order valence-corrected chi connectivity index (χ3v) is 4.08. The summed E-state index contributed by atoms with van der Waals surface area (Å²) >= 11 is 3.30. The summed E-state index contributed by atoms with van der Waals surface area (Å²) < 4.78 is 13.2. The van der Waals surface area contributed by atoms with E-state index in [0.717, 1.165) is 6.07 Å². The van der Waals surface area contributed by atoms with Gasteiger partial charge < -0.3 is 10.0 Å². The number of likely N-dealkylation sites (tertiary alicyclic amines) is 1. The van der Waals surface area contributed by atoms with Gasteiger partial charge in [-0.25, -0.2) is 9.18 Å². The van der Waals surface area contributed by atoms with Crippen LogP contribution in [0.4, 0.5) is 4.39 Å². The maximum absolute atomic E-state index is 13.2. The first-order chi connectivity index (χ1) is 9.02. The van der Waals surface area contributed by atoms with Crippen molar-refractivity contribution in [2.75, 3.05) is 11.9 Å². The number of rotatable bonds is 4. The number of carboxylic acids is 1. The van der Waals surface area contributed by atoms with E-state index in [0.29, 0.717) is 18.3 Å². The van der Waals surface area contributed by atoms with Gasteiger partial charge in [0, 0.05) is 18.3 Å². The quantitative estimate of drug-likeness (QED) is 0.861. The highest BCUT2D eigenvalue weighted by atomic mass is 79.9. The van der Waals surface area contributed by atoms with Crippen molar-refractivity contribution in [1.82, 2.24) is 4.90 Å². The van der Waals surface area contributed by atoms with Gasteiger partial charge in [0.2, 0.25) is 5.91 Å². The number of hydrogen-bond acceptors (Lipinski definition) is 2. The Balaban J connectivity index is 2.31. The van der Waals surface area contributed by atoms with Crippen molar-refractivity contribution < 1.29 is 19.1 Å². The number of nitrogens with zero attached hydrogens (tertiary/aromatic N) is 1. The molecule has 2 rings (SSSR count). The van der Waals surface area contributed by atoms with Crippen LogP contribution in [0, 0.1) is 11.7 Å². The van der Waals surface area contributed by atoms with Crippen molar-refractivity contribution >= 4 is 27.8 Å². The van der Waals surface area contributed by atoms with E-state index in [1.807, 2.05) is 0 Å². The highest BCUT2D eigenvalue weighted by molar-refractivity contribution is 9.09. The van der Waals surface area contributed by atoms with E-state index >= 15 is 0 Å². The number of carbonyl (C=O) groups is 2. The van der Waals surface area contributed by atoms with Crippen LogP contribution >= 0.6 is 15.9 Å². The molecule has 2 atom stereocenters. The second kappa shape index (κ2) is 5.69. The fraction of sp³-hybridized carbons (Fsp3) is 0.385. The second-order valence-electron chi connectivity index (χ2n) is 4.57. The lowest BCUT2D eigenvalue weighted by atomic mass is 10.1. The number of alkyl halides is 1. The van der Waals surface area contributed by atoms with E-state index in [4.69, 9.17) is 0 Å². The van der Waals surface area contributed by atoms with E-state index in [9.17, 15) is 19.1 Å². The Bertz CT molecular complexity index is 508. The molecule has 1 aliphatic heterocycles. The molecule has 2 unspecified atom stereocenters. The van der Waals surface area contributed by atoms with Crippen LogP contribution in [0.3, 0.4) is 0 Å². The number of carbonyl (C=O) groups excluding carboxylic acids is 1. The van der Waals surface area contributed by atoms with Gasteiger partial charge in [-0.3, -0.25) is 4.79 Å². The van der Waals surface area contributed by atoms with Gasteiger partial charge in [-0.2, -0.15) is 0 Å².